The van der Waals surface area contributed by atoms with Gasteiger partial charge in [0.25, 0.3) is 5.91 Å². The highest BCUT2D eigenvalue weighted by atomic mass is 35.5. The van der Waals surface area contributed by atoms with Gasteiger partial charge in [0, 0.05) is 6.20 Å². The maximum Gasteiger partial charge on any atom is 0.319 e. The molecule has 1 amide bonds. The Morgan fingerprint density at radius 2 is 2.05 bits per heavy atom. The number of aromatic nitrogens is 4. The molecule has 108 valence electrons. The van der Waals surface area contributed by atoms with E-state index >= 15 is 0 Å². The Morgan fingerprint density at radius 3 is 2.67 bits per heavy atom. The van der Waals surface area contributed by atoms with Crippen molar-refractivity contribution in [2.24, 2.45) is 0 Å². The summed E-state index contributed by atoms with van der Waals surface area (Å²) in [6, 6.07) is 1.19. The molecule has 0 aliphatic heterocycles. The monoisotopic (exact) mass is 308 g/mol. The van der Waals surface area contributed by atoms with Crippen molar-refractivity contribution in [2.75, 3.05) is 5.32 Å². The maximum absolute atomic E-state index is 12.1. The van der Waals surface area contributed by atoms with Crippen LogP contribution in [0.25, 0.3) is 0 Å². The third-order valence-corrected chi connectivity index (χ3v) is 2.90. The van der Waals surface area contributed by atoms with E-state index in [1.165, 1.54) is 12.3 Å². The molecule has 0 fully saturated rings. The summed E-state index contributed by atoms with van der Waals surface area (Å²) >= 11 is 5.64. The van der Waals surface area contributed by atoms with Gasteiger partial charge in [0.15, 0.2) is 0 Å². The minimum atomic E-state index is -0.774. The van der Waals surface area contributed by atoms with Crippen LogP contribution in [0.4, 0.5) is 11.6 Å². The molecule has 0 saturated heterocycles. The van der Waals surface area contributed by atoms with Crippen LogP contribution in [0.1, 0.15) is 21.7 Å². The first-order valence-corrected chi connectivity index (χ1v) is 6.06. The molecule has 0 atom stereocenters. The summed E-state index contributed by atoms with van der Waals surface area (Å²) in [6.45, 7) is 3.42. The van der Waals surface area contributed by atoms with E-state index in [0.717, 1.165) is 0 Å². The Morgan fingerprint density at radius 1 is 1.33 bits per heavy atom. The van der Waals surface area contributed by atoms with E-state index in [0.29, 0.717) is 11.4 Å². The Hall–Kier alpha value is -2.68. The van der Waals surface area contributed by atoms with Gasteiger partial charge >= 0.3 is 5.69 Å². The molecule has 0 saturated carbocycles. The molecule has 2 rings (SSSR count). The average molecular weight is 309 g/mol. The van der Waals surface area contributed by atoms with Gasteiger partial charge < -0.3 is 0 Å². The number of carbonyl (C=O) groups excluding carboxylic acids is 1. The number of pyridine rings is 1. The zero-order valence-corrected chi connectivity index (χ0v) is 11.7. The van der Waals surface area contributed by atoms with Gasteiger partial charge in [-0.2, -0.15) is 5.10 Å². The van der Waals surface area contributed by atoms with Crippen LogP contribution in [0.3, 0.4) is 0 Å². The fraction of sp³-hybridized carbons (Fsp3) is 0.182. The third-order valence-electron chi connectivity index (χ3n) is 2.62. The van der Waals surface area contributed by atoms with Gasteiger partial charge in [-0.05, 0) is 19.9 Å². The standard InChI is InChI=1S/C11H9ClN6O3/c1-5-6(2)16-17-11(14-5)15-10(19)7-3-4-13-9(12)8(7)18(20)21/h3-4H,1-2H3,(H,14,15,17,19). The van der Waals surface area contributed by atoms with Crippen LogP contribution in [0, 0.1) is 24.0 Å². The van der Waals surface area contributed by atoms with Crippen molar-refractivity contribution in [1.82, 2.24) is 20.2 Å². The largest absolute Gasteiger partial charge is 0.319 e. The summed E-state index contributed by atoms with van der Waals surface area (Å²) in [4.78, 5) is 29.8. The summed E-state index contributed by atoms with van der Waals surface area (Å²) in [7, 11) is 0. The van der Waals surface area contributed by atoms with Crippen molar-refractivity contribution < 1.29 is 9.72 Å². The number of nitrogens with zero attached hydrogens (tertiary/aromatic N) is 5. The van der Waals surface area contributed by atoms with E-state index in [9.17, 15) is 14.9 Å². The number of aryl methyl sites for hydroxylation is 2. The maximum atomic E-state index is 12.1. The fourth-order valence-electron chi connectivity index (χ4n) is 1.46. The lowest BCUT2D eigenvalue weighted by Gasteiger charge is -2.05. The number of hydrogen-bond acceptors (Lipinski definition) is 7. The minimum Gasteiger partial charge on any atom is -0.289 e. The van der Waals surface area contributed by atoms with E-state index in [2.05, 4.69) is 25.5 Å². The quantitative estimate of drug-likeness (QED) is 0.519. The van der Waals surface area contributed by atoms with Crippen LogP contribution < -0.4 is 5.32 Å². The first-order chi connectivity index (χ1) is 9.90. The van der Waals surface area contributed by atoms with Crippen LogP contribution in [-0.2, 0) is 0 Å². The molecule has 0 unspecified atom stereocenters. The van der Waals surface area contributed by atoms with Gasteiger partial charge in [-0.3, -0.25) is 20.2 Å². The van der Waals surface area contributed by atoms with Crippen LogP contribution >= 0.6 is 11.6 Å². The summed E-state index contributed by atoms with van der Waals surface area (Å²) < 4.78 is 0. The Labute approximate surface area is 123 Å². The van der Waals surface area contributed by atoms with Gasteiger partial charge in [-0.25, -0.2) is 9.97 Å². The summed E-state index contributed by atoms with van der Waals surface area (Å²) in [5, 5.41) is 20.4. The van der Waals surface area contributed by atoms with E-state index in [1.54, 1.807) is 13.8 Å². The molecule has 0 aliphatic carbocycles. The highest BCUT2D eigenvalue weighted by Crippen LogP contribution is 2.26. The van der Waals surface area contributed by atoms with Crippen molar-refractivity contribution in [2.45, 2.75) is 13.8 Å². The number of nitro groups is 1. The topological polar surface area (TPSA) is 124 Å². The zero-order chi connectivity index (χ0) is 15.6. The summed E-state index contributed by atoms with van der Waals surface area (Å²) in [5.41, 5.74) is 0.392. The molecule has 0 bridgehead atoms. The average Bonchev–Trinajstić information content (AvgIpc) is 2.42. The van der Waals surface area contributed by atoms with Gasteiger partial charge in [-0.15, -0.1) is 5.10 Å². The Balaban J connectivity index is 2.35. The molecule has 0 aromatic carbocycles. The van der Waals surface area contributed by atoms with Crippen molar-refractivity contribution in [3.63, 3.8) is 0 Å². The highest BCUT2D eigenvalue weighted by molar-refractivity contribution is 6.32. The van der Waals surface area contributed by atoms with Crippen molar-refractivity contribution >= 4 is 29.1 Å². The number of rotatable bonds is 3. The van der Waals surface area contributed by atoms with E-state index < -0.39 is 16.5 Å². The van der Waals surface area contributed by atoms with Crippen molar-refractivity contribution in [1.29, 1.82) is 0 Å². The highest BCUT2D eigenvalue weighted by Gasteiger charge is 2.25. The lowest BCUT2D eigenvalue weighted by molar-refractivity contribution is -0.385. The summed E-state index contributed by atoms with van der Waals surface area (Å²) in [6.07, 6.45) is 1.20. The van der Waals surface area contributed by atoms with Gasteiger partial charge in [-0.1, -0.05) is 11.6 Å². The predicted octanol–water partition coefficient (Wildman–Crippen LogP) is 1.70. The summed E-state index contributed by atoms with van der Waals surface area (Å²) in [5.74, 6) is -0.818. The van der Waals surface area contributed by atoms with Crippen LogP contribution in [0.2, 0.25) is 5.15 Å². The lowest BCUT2D eigenvalue weighted by atomic mass is 10.2. The first-order valence-electron chi connectivity index (χ1n) is 5.68. The molecule has 2 heterocycles. The van der Waals surface area contributed by atoms with Gasteiger partial charge in [0.2, 0.25) is 11.1 Å². The number of halogens is 1. The molecule has 2 aromatic heterocycles. The number of hydrogen-bond donors (Lipinski definition) is 1. The second-order valence-corrected chi connectivity index (χ2v) is 4.37. The molecule has 2 aromatic rings. The third kappa shape index (κ3) is 3.08. The fourth-order valence-corrected chi connectivity index (χ4v) is 1.69. The zero-order valence-electron chi connectivity index (χ0n) is 11.0. The van der Waals surface area contributed by atoms with Crippen LogP contribution in [-0.4, -0.2) is 31.0 Å². The molecule has 10 heteroatoms. The number of nitrogens with one attached hydrogen (secondary N) is 1. The normalized spacial score (nSPS) is 10.2. The predicted molar refractivity (Wildman–Crippen MR) is 73.2 cm³/mol. The molecule has 0 radical (unpaired) electrons. The number of anilines is 1. The first kappa shape index (κ1) is 14.7. The molecule has 9 nitrogen and oxygen atoms in total. The second kappa shape index (κ2) is 5.75. The van der Waals surface area contributed by atoms with Crippen LogP contribution in [0.5, 0.6) is 0 Å². The molecule has 1 N–H and O–H groups in total. The van der Waals surface area contributed by atoms with Crippen molar-refractivity contribution in [3.8, 4) is 0 Å². The minimum absolute atomic E-state index is 0.0506. The van der Waals surface area contributed by atoms with Gasteiger partial charge in [0.1, 0.15) is 5.56 Å². The smallest absolute Gasteiger partial charge is 0.289 e. The molecular formula is C11H9ClN6O3. The number of carbonyl (C=O) groups is 1. The van der Waals surface area contributed by atoms with E-state index in [1.807, 2.05) is 0 Å². The molecule has 21 heavy (non-hydrogen) atoms. The molecule has 0 aliphatic rings. The number of amides is 1. The lowest BCUT2D eigenvalue weighted by Crippen LogP contribution is -2.17. The van der Waals surface area contributed by atoms with Gasteiger partial charge in [0.05, 0.1) is 16.3 Å². The second-order valence-electron chi connectivity index (χ2n) is 4.02. The molecule has 0 spiro atoms. The molecular weight excluding hydrogens is 300 g/mol. The Kier molecular flexibility index (Phi) is 4.03. The van der Waals surface area contributed by atoms with Crippen LogP contribution in [0.15, 0.2) is 12.3 Å². The van der Waals surface area contributed by atoms with Crippen molar-refractivity contribution in [3.05, 3.63) is 44.5 Å². The van der Waals surface area contributed by atoms with E-state index in [-0.39, 0.29) is 16.7 Å². The Bertz CT molecular complexity index is 736. The van der Waals surface area contributed by atoms with E-state index in [4.69, 9.17) is 11.6 Å². The SMILES string of the molecule is Cc1nnc(NC(=O)c2ccnc(Cl)c2[N+](=O)[O-])nc1C.